The summed E-state index contributed by atoms with van der Waals surface area (Å²) in [7, 11) is 0. The molecule has 3 rings (SSSR count). The molecule has 30 heavy (non-hydrogen) atoms. The number of benzene rings is 2. The number of hydrogen-bond donors (Lipinski definition) is 0. The van der Waals surface area contributed by atoms with Gasteiger partial charge in [0.1, 0.15) is 23.3 Å². The van der Waals surface area contributed by atoms with E-state index >= 15 is 0 Å². The summed E-state index contributed by atoms with van der Waals surface area (Å²) >= 11 is 0. The van der Waals surface area contributed by atoms with Gasteiger partial charge in [-0.2, -0.15) is 0 Å². The Morgan fingerprint density at radius 2 is 1.80 bits per heavy atom. The second-order valence-electron chi connectivity index (χ2n) is 7.29. The van der Waals surface area contributed by atoms with Crippen LogP contribution < -0.4 is 14.9 Å². The summed E-state index contributed by atoms with van der Waals surface area (Å²) in [5, 5.41) is 0.363. The molecule has 0 radical (unpaired) electrons. The first-order valence-electron chi connectivity index (χ1n) is 10.0. The molecular formula is C24H26O6. The van der Waals surface area contributed by atoms with Crippen LogP contribution in [0.1, 0.15) is 37.8 Å². The van der Waals surface area contributed by atoms with Crippen LogP contribution in [-0.2, 0) is 9.53 Å². The van der Waals surface area contributed by atoms with Crippen LogP contribution in [0.25, 0.3) is 11.0 Å². The summed E-state index contributed by atoms with van der Waals surface area (Å²) in [6.45, 7) is 7.94. The van der Waals surface area contributed by atoms with Crippen LogP contribution >= 0.6 is 0 Å². The zero-order valence-electron chi connectivity index (χ0n) is 17.7. The van der Waals surface area contributed by atoms with Crippen LogP contribution in [0.5, 0.6) is 17.2 Å². The highest BCUT2D eigenvalue weighted by atomic mass is 16.6. The number of rotatable bonds is 8. The molecule has 2 aromatic carbocycles. The molecule has 1 aromatic heterocycles. The Hall–Kier alpha value is -3.28. The molecule has 3 aromatic rings. The molecule has 0 N–H and O–H groups in total. The van der Waals surface area contributed by atoms with Crippen molar-refractivity contribution in [3.8, 4) is 17.2 Å². The quantitative estimate of drug-likeness (QED) is 0.370. The molecule has 0 aliphatic heterocycles. The zero-order chi connectivity index (χ0) is 21.7. The molecule has 6 nitrogen and oxygen atoms in total. The Bertz CT molecular complexity index is 1080. The summed E-state index contributed by atoms with van der Waals surface area (Å²) in [6, 6.07) is 10.5. The minimum atomic E-state index is -0.766. The van der Waals surface area contributed by atoms with E-state index in [0.29, 0.717) is 29.1 Å². The van der Waals surface area contributed by atoms with Gasteiger partial charge in [0.2, 0.25) is 11.2 Å². The molecule has 0 saturated heterocycles. The van der Waals surface area contributed by atoms with E-state index in [-0.39, 0.29) is 11.2 Å². The lowest BCUT2D eigenvalue weighted by Crippen LogP contribution is -2.26. The fraction of sp³-hybridized carbons (Fsp3) is 0.333. The van der Waals surface area contributed by atoms with Gasteiger partial charge in [0.15, 0.2) is 6.10 Å². The van der Waals surface area contributed by atoms with Crippen molar-refractivity contribution in [3.63, 3.8) is 0 Å². The summed E-state index contributed by atoms with van der Waals surface area (Å²) in [5.41, 5.74) is 2.14. The van der Waals surface area contributed by atoms with E-state index in [2.05, 4.69) is 0 Å². The Labute approximate surface area is 175 Å². The van der Waals surface area contributed by atoms with Gasteiger partial charge in [-0.15, -0.1) is 0 Å². The number of carbonyl (C=O) groups excluding carboxylic acids is 1. The summed E-state index contributed by atoms with van der Waals surface area (Å²) in [5.74, 6) is 0.666. The highest BCUT2D eigenvalue weighted by Gasteiger charge is 2.17. The van der Waals surface area contributed by atoms with E-state index < -0.39 is 12.1 Å². The third-order valence-electron chi connectivity index (χ3n) is 4.52. The first-order chi connectivity index (χ1) is 14.4. The van der Waals surface area contributed by atoms with Crippen LogP contribution in [0.15, 0.2) is 51.9 Å². The highest BCUT2D eigenvalue weighted by Crippen LogP contribution is 2.25. The first kappa shape index (κ1) is 21.4. The minimum absolute atomic E-state index is 0.106. The first-order valence-corrected chi connectivity index (χ1v) is 10.0. The summed E-state index contributed by atoms with van der Waals surface area (Å²) in [6.07, 6.45) is 2.28. The lowest BCUT2D eigenvalue weighted by molar-refractivity contribution is -0.151. The van der Waals surface area contributed by atoms with Gasteiger partial charge in [-0.1, -0.05) is 19.4 Å². The Morgan fingerprint density at radius 3 is 2.50 bits per heavy atom. The molecular weight excluding hydrogens is 384 g/mol. The Morgan fingerprint density at radius 1 is 1.07 bits per heavy atom. The number of hydrogen-bond acceptors (Lipinski definition) is 6. The van der Waals surface area contributed by atoms with Crippen LogP contribution in [0.4, 0.5) is 0 Å². The van der Waals surface area contributed by atoms with Gasteiger partial charge in [-0.3, -0.25) is 4.79 Å². The molecule has 0 unspecified atom stereocenters. The maximum atomic E-state index is 12.8. The van der Waals surface area contributed by atoms with Crippen molar-refractivity contribution in [1.82, 2.24) is 0 Å². The fourth-order valence-electron chi connectivity index (χ4n) is 3.04. The van der Waals surface area contributed by atoms with Gasteiger partial charge in [-0.05, 0) is 62.6 Å². The predicted molar refractivity (Wildman–Crippen MR) is 114 cm³/mol. The fourth-order valence-corrected chi connectivity index (χ4v) is 3.04. The van der Waals surface area contributed by atoms with Crippen molar-refractivity contribution < 1.29 is 23.4 Å². The third-order valence-corrected chi connectivity index (χ3v) is 4.52. The van der Waals surface area contributed by atoms with Crippen molar-refractivity contribution >= 4 is 16.9 Å². The zero-order valence-corrected chi connectivity index (χ0v) is 17.7. The predicted octanol–water partition coefficient (Wildman–Crippen LogP) is 5.31. The van der Waals surface area contributed by atoms with Crippen molar-refractivity contribution in [2.75, 3.05) is 6.61 Å². The van der Waals surface area contributed by atoms with Crippen molar-refractivity contribution in [2.45, 2.75) is 46.6 Å². The lowest BCUT2D eigenvalue weighted by atomic mass is 10.1. The molecule has 0 bridgehead atoms. The highest BCUT2D eigenvalue weighted by molar-refractivity contribution is 5.79. The monoisotopic (exact) mass is 410 g/mol. The van der Waals surface area contributed by atoms with Crippen LogP contribution in [0.2, 0.25) is 0 Å². The number of esters is 1. The SMILES string of the molecule is CCCCOC(=O)[C@@H](C)Oc1ccc2c(=O)c(Oc3cc(C)cc(C)c3)coc2c1. The van der Waals surface area contributed by atoms with Crippen LogP contribution in [0, 0.1) is 13.8 Å². The third kappa shape index (κ3) is 5.20. The van der Waals surface area contributed by atoms with E-state index in [0.717, 1.165) is 24.0 Å². The van der Waals surface area contributed by atoms with Gasteiger partial charge in [0, 0.05) is 6.07 Å². The molecule has 1 heterocycles. The number of ether oxygens (including phenoxy) is 3. The lowest BCUT2D eigenvalue weighted by Gasteiger charge is -2.14. The second-order valence-corrected chi connectivity index (χ2v) is 7.29. The van der Waals surface area contributed by atoms with Crippen LogP contribution in [-0.4, -0.2) is 18.7 Å². The van der Waals surface area contributed by atoms with Crippen molar-refractivity contribution in [3.05, 3.63) is 64.0 Å². The standard InChI is InChI=1S/C24H26O6/c1-5-6-9-27-24(26)17(4)29-18-7-8-20-21(13-18)28-14-22(23(20)25)30-19-11-15(2)10-16(3)12-19/h7-8,10-14,17H,5-6,9H2,1-4H3/t17-/m1/s1. The Kier molecular flexibility index (Phi) is 6.77. The molecule has 0 aliphatic rings. The maximum Gasteiger partial charge on any atom is 0.347 e. The maximum absolute atomic E-state index is 12.8. The minimum Gasteiger partial charge on any atom is -0.479 e. The number of carbonyl (C=O) groups is 1. The molecule has 6 heteroatoms. The molecule has 0 saturated carbocycles. The molecule has 1 atom stereocenters. The van der Waals surface area contributed by atoms with E-state index in [1.807, 2.05) is 39.0 Å². The van der Waals surface area contributed by atoms with Crippen molar-refractivity contribution in [1.29, 1.82) is 0 Å². The van der Waals surface area contributed by atoms with Crippen LogP contribution in [0.3, 0.4) is 0 Å². The van der Waals surface area contributed by atoms with E-state index in [1.165, 1.54) is 6.26 Å². The van der Waals surface area contributed by atoms with Gasteiger partial charge < -0.3 is 18.6 Å². The normalized spacial score (nSPS) is 11.9. The van der Waals surface area contributed by atoms with Gasteiger partial charge in [0.05, 0.1) is 12.0 Å². The van der Waals surface area contributed by atoms with Crippen molar-refractivity contribution in [2.24, 2.45) is 0 Å². The van der Waals surface area contributed by atoms with Gasteiger partial charge in [0.25, 0.3) is 0 Å². The second kappa shape index (κ2) is 9.48. The number of aryl methyl sites for hydroxylation is 2. The smallest absolute Gasteiger partial charge is 0.347 e. The van der Waals surface area contributed by atoms with Gasteiger partial charge in [-0.25, -0.2) is 4.79 Å². The van der Waals surface area contributed by atoms with Gasteiger partial charge >= 0.3 is 5.97 Å². The molecule has 0 amide bonds. The number of fused-ring (bicyclic) bond motifs is 1. The Balaban J connectivity index is 1.77. The molecule has 0 aliphatic carbocycles. The topological polar surface area (TPSA) is 75.0 Å². The molecule has 0 spiro atoms. The average molecular weight is 410 g/mol. The molecule has 0 fully saturated rings. The number of unbranched alkanes of at least 4 members (excludes halogenated alkanes) is 1. The molecule has 158 valence electrons. The van der Waals surface area contributed by atoms with E-state index in [1.54, 1.807) is 25.1 Å². The van der Waals surface area contributed by atoms with E-state index in [9.17, 15) is 9.59 Å². The van der Waals surface area contributed by atoms with E-state index in [4.69, 9.17) is 18.6 Å². The summed E-state index contributed by atoms with van der Waals surface area (Å²) < 4.78 is 22.1. The average Bonchev–Trinajstić information content (AvgIpc) is 2.69. The largest absolute Gasteiger partial charge is 0.479 e. The summed E-state index contributed by atoms with van der Waals surface area (Å²) in [4.78, 5) is 24.8.